The molecule has 0 aromatic heterocycles. The van der Waals surface area contributed by atoms with E-state index in [0.29, 0.717) is 70.5 Å². The smallest absolute Gasteiger partial charge is 0.338 e. The van der Waals surface area contributed by atoms with Crippen molar-refractivity contribution in [1.29, 1.82) is 0 Å². The molecule has 8 nitrogen and oxygen atoms in total. The number of carbonyl (C=O) groups is 2. The summed E-state index contributed by atoms with van der Waals surface area (Å²) in [6, 6.07) is 6.26. The van der Waals surface area contributed by atoms with Gasteiger partial charge in [-0.15, -0.1) is 0 Å². The zero-order chi connectivity index (χ0) is 24.5. The second kappa shape index (κ2) is 12.5. The van der Waals surface area contributed by atoms with Gasteiger partial charge in [-0.1, -0.05) is 0 Å². The minimum absolute atomic E-state index is 0.166. The van der Waals surface area contributed by atoms with Gasteiger partial charge < -0.3 is 28.8 Å². The van der Waals surface area contributed by atoms with Crippen LogP contribution in [0.1, 0.15) is 27.6 Å². The Hall–Kier alpha value is -2.98. The monoisotopic (exact) mass is 596 g/mol. The van der Waals surface area contributed by atoms with Crippen molar-refractivity contribution in [3.05, 3.63) is 68.6 Å². The van der Waals surface area contributed by atoms with Crippen molar-refractivity contribution in [3.63, 3.8) is 0 Å². The van der Waals surface area contributed by atoms with Crippen LogP contribution < -0.4 is 18.9 Å². The predicted octanol–water partition coefficient (Wildman–Crippen LogP) is 5.43. The van der Waals surface area contributed by atoms with Gasteiger partial charge in [-0.2, -0.15) is 0 Å². The summed E-state index contributed by atoms with van der Waals surface area (Å²) in [5.41, 5.74) is 0.606. The van der Waals surface area contributed by atoms with Crippen LogP contribution in [0.15, 0.2) is 57.5 Å². The predicted molar refractivity (Wildman–Crippen MR) is 131 cm³/mol. The molecule has 2 aliphatic heterocycles. The van der Waals surface area contributed by atoms with Crippen molar-refractivity contribution in [2.75, 3.05) is 33.0 Å². The average molecular weight is 598 g/mol. The fourth-order valence-electron chi connectivity index (χ4n) is 2.90. The van der Waals surface area contributed by atoms with Gasteiger partial charge in [0.1, 0.15) is 26.4 Å². The zero-order valence-electron chi connectivity index (χ0n) is 18.2. The number of carbonyl (C=O) groups excluding carboxylic acids is 1. The first-order chi connectivity index (χ1) is 16.4. The highest BCUT2D eigenvalue weighted by atomic mass is 79.9. The molecule has 10 heteroatoms. The molecular weight excluding hydrogens is 576 g/mol. The Balaban J connectivity index is 0.000000192. The molecule has 2 heterocycles. The molecule has 2 aromatic carbocycles. The van der Waals surface area contributed by atoms with Gasteiger partial charge in [-0.05, 0) is 87.4 Å². The summed E-state index contributed by atoms with van der Waals surface area (Å²) in [4.78, 5) is 22.5. The van der Waals surface area contributed by atoms with Gasteiger partial charge in [0.15, 0.2) is 23.0 Å². The summed E-state index contributed by atoms with van der Waals surface area (Å²) in [6.45, 7) is 3.90. The topological polar surface area (TPSA) is 101 Å². The Morgan fingerprint density at radius 3 is 1.71 bits per heavy atom. The fraction of sp³-hybridized carbons (Fsp3) is 0.250. The normalized spacial score (nSPS) is 15.7. The third-order valence-electron chi connectivity index (χ3n) is 4.43. The largest absolute Gasteiger partial charge is 0.486 e. The number of hydrogen-bond donors (Lipinski definition) is 1. The lowest BCUT2D eigenvalue weighted by Crippen LogP contribution is -2.08. The number of benzene rings is 2. The quantitative estimate of drug-likeness (QED) is 0.369. The molecule has 0 aliphatic carbocycles. The first-order valence-electron chi connectivity index (χ1n) is 10.3. The molecular formula is C24H22Br2O8. The van der Waals surface area contributed by atoms with Gasteiger partial charge in [0.25, 0.3) is 0 Å². The number of hydrogen-bond acceptors (Lipinski definition) is 7. The summed E-state index contributed by atoms with van der Waals surface area (Å²) in [5.74, 6) is 0.751. The second-order valence-electron chi connectivity index (χ2n) is 6.78. The van der Waals surface area contributed by atoms with E-state index < -0.39 is 5.97 Å². The lowest BCUT2D eigenvalue weighted by Gasteiger charge is -2.16. The molecule has 0 radical (unpaired) electrons. The third-order valence-corrected chi connectivity index (χ3v) is 5.61. The fourth-order valence-corrected chi connectivity index (χ4v) is 4.01. The summed E-state index contributed by atoms with van der Waals surface area (Å²) < 4.78 is 28.1. The molecule has 1 N–H and O–H groups in total. The number of aromatic carboxylic acids is 1. The maximum Gasteiger partial charge on any atom is 0.338 e. The molecule has 0 unspecified atom stereocenters. The second-order valence-corrected chi connectivity index (χ2v) is 8.49. The number of rotatable bonds is 3. The molecule has 0 saturated heterocycles. The van der Waals surface area contributed by atoms with Crippen molar-refractivity contribution < 1.29 is 38.4 Å². The van der Waals surface area contributed by atoms with Crippen molar-refractivity contribution >= 4 is 43.8 Å². The summed E-state index contributed by atoms with van der Waals surface area (Å²) in [7, 11) is 0. The van der Waals surface area contributed by atoms with E-state index in [1.165, 1.54) is 12.1 Å². The van der Waals surface area contributed by atoms with Crippen LogP contribution in [0.5, 0.6) is 23.0 Å². The van der Waals surface area contributed by atoms with Crippen LogP contribution in [0.4, 0.5) is 0 Å². The van der Waals surface area contributed by atoms with Crippen molar-refractivity contribution in [1.82, 2.24) is 0 Å². The van der Waals surface area contributed by atoms with Crippen LogP contribution in [-0.2, 0) is 4.74 Å². The number of ether oxygens (including phenoxy) is 5. The van der Waals surface area contributed by atoms with Crippen LogP contribution in [0.2, 0.25) is 0 Å². The Labute approximate surface area is 213 Å². The molecule has 0 fully saturated rings. The molecule has 0 saturated carbocycles. The Kier molecular flexibility index (Phi) is 9.41. The van der Waals surface area contributed by atoms with E-state index in [1.54, 1.807) is 19.1 Å². The summed E-state index contributed by atoms with van der Waals surface area (Å²) >= 11 is 6.64. The van der Waals surface area contributed by atoms with Gasteiger partial charge in [0, 0.05) is 0 Å². The number of esters is 1. The lowest BCUT2D eigenvalue weighted by atomic mass is 10.2. The number of halogens is 2. The van der Waals surface area contributed by atoms with E-state index in [4.69, 9.17) is 28.8 Å². The van der Waals surface area contributed by atoms with E-state index in [-0.39, 0.29) is 11.5 Å². The van der Waals surface area contributed by atoms with Crippen LogP contribution in [0, 0.1) is 0 Å². The van der Waals surface area contributed by atoms with E-state index >= 15 is 0 Å². The number of fused-ring (bicyclic) bond motifs is 2. The first-order valence-corrected chi connectivity index (χ1v) is 11.9. The number of carboxylic acid groups (broad SMARTS) is 1. The average Bonchev–Trinajstić information content (AvgIpc) is 2.75. The molecule has 0 bridgehead atoms. The number of carboxylic acids is 1. The SMILES string of the molecule is CCOC(=O)c1cc(Br)c2c(c1)OC/C=C\CO2.O=C(O)c1cc(Br)c2c(c1)OC/C=C\CO2. The molecule has 2 aliphatic rings. The van der Waals surface area contributed by atoms with Crippen molar-refractivity contribution in [2.45, 2.75) is 6.92 Å². The zero-order valence-corrected chi connectivity index (χ0v) is 21.4. The molecule has 0 spiro atoms. The van der Waals surface area contributed by atoms with Gasteiger partial charge in [-0.25, -0.2) is 9.59 Å². The van der Waals surface area contributed by atoms with Crippen LogP contribution >= 0.6 is 31.9 Å². The maximum absolute atomic E-state index is 11.7. The van der Waals surface area contributed by atoms with Crippen LogP contribution in [-0.4, -0.2) is 50.1 Å². The molecule has 180 valence electrons. The molecule has 0 atom stereocenters. The van der Waals surface area contributed by atoms with Gasteiger partial charge in [0.05, 0.1) is 26.7 Å². The summed E-state index contributed by atoms with van der Waals surface area (Å²) in [6.07, 6.45) is 7.42. The van der Waals surface area contributed by atoms with Crippen molar-refractivity contribution in [3.8, 4) is 23.0 Å². The minimum Gasteiger partial charge on any atom is -0.486 e. The molecule has 0 amide bonds. The molecule has 34 heavy (non-hydrogen) atoms. The molecule has 2 aromatic rings. The first kappa shape index (κ1) is 25.6. The van der Waals surface area contributed by atoms with Gasteiger partial charge in [-0.3, -0.25) is 0 Å². The highest BCUT2D eigenvalue weighted by Crippen LogP contribution is 2.38. The van der Waals surface area contributed by atoms with E-state index in [1.807, 2.05) is 24.3 Å². The standard InChI is InChI=1S/C13H13BrO4.C11H9BrO4/c1-2-16-13(15)9-7-10(14)12-11(8-9)17-5-3-4-6-18-12;12-8-5-7(11(13)14)6-9-10(8)16-4-2-1-3-15-9/h3-4,7-8H,2,5-6H2,1H3;1-2,5-6H,3-4H2,(H,13,14)/b4-3-;2-1-. The Morgan fingerprint density at radius 2 is 1.24 bits per heavy atom. The van der Waals surface area contributed by atoms with Crippen LogP contribution in [0.25, 0.3) is 0 Å². The highest BCUT2D eigenvalue weighted by molar-refractivity contribution is 9.11. The van der Waals surface area contributed by atoms with Gasteiger partial charge in [0.2, 0.25) is 0 Å². The van der Waals surface area contributed by atoms with E-state index in [9.17, 15) is 9.59 Å². The van der Waals surface area contributed by atoms with E-state index in [0.717, 1.165) is 0 Å². The summed E-state index contributed by atoms with van der Waals surface area (Å²) in [5, 5.41) is 8.91. The minimum atomic E-state index is -0.996. The molecule has 4 rings (SSSR count). The lowest BCUT2D eigenvalue weighted by molar-refractivity contribution is 0.0525. The van der Waals surface area contributed by atoms with Gasteiger partial charge >= 0.3 is 11.9 Å². The van der Waals surface area contributed by atoms with Crippen LogP contribution in [0.3, 0.4) is 0 Å². The Morgan fingerprint density at radius 1 is 0.794 bits per heavy atom. The third kappa shape index (κ3) is 6.77. The highest BCUT2D eigenvalue weighted by Gasteiger charge is 2.18. The Bertz CT molecular complexity index is 1110. The van der Waals surface area contributed by atoms with Crippen molar-refractivity contribution in [2.24, 2.45) is 0 Å². The van der Waals surface area contributed by atoms with E-state index in [2.05, 4.69) is 31.9 Å². The maximum atomic E-state index is 11.7.